The third-order valence-electron chi connectivity index (χ3n) is 3.75. The lowest BCUT2D eigenvalue weighted by molar-refractivity contribution is 0.391. The lowest BCUT2D eigenvalue weighted by Crippen LogP contribution is -2.41. The van der Waals surface area contributed by atoms with E-state index in [1.165, 1.54) is 10.8 Å². The highest BCUT2D eigenvalue weighted by Crippen LogP contribution is 2.33. The Kier molecular flexibility index (Phi) is 3.01. The Morgan fingerprint density at radius 2 is 2.14 bits per heavy atom. The number of rotatable bonds is 3. The van der Waals surface area contributed by atoms with Crippen LogP contribution >= 0.6 is 0 Å². The van der Waals surface area contributed by atoms with E-state index in [4.69, 9.17) is 9.78 Å². The molecule has 21 heavy (non-hydrogen) atoms. The SMILES string of the molecule is Cc1noc(C)c1Cn1c(=O)c(C#N)cn(C2CC2)c1=O. The van der Waals surface area contributed by atoms with E-state index in [2.05, 4.69) is 5.16 Å². The van der Waals surface area contributed by atoms with Gasteiger partial charge in [0.05, 0.1) is 12.2 Å². The van der Waals surface area contributed by atoms with Gasteiger partial charge < -0.3 is 4.52 Å². The Balaban J connectivity index is 2.18. The van der Waals surface area contributed by atoms with Crippen molar-refractivity contribution < 1.29 is 4.52 Å². The molecule has 0 saturated heterocycles. The molecule has 0 aliphatic heterocycles. The molecule has 1 fully saturated rings. The van der Waals surface area contributed by atoms with Crippen LogP contribution in [0.5, 0.6) is 0 Å². The maximum Gasteiger partial charge on any atom is 0.331 e. The Hall–Kier alpha value is -2.62. The third kappa shape index (κ3) is 2.18. The van der Waals surface area contributed by atoms with Crippen LogP contribution in [0.1, 0.15) is 41.5 Å². The van der Waals surface area contributed by atoms with Gasteiger partial charge in [0, 0.05) is 17.8 Å². The van der Waals surface area contributed by atoms with Crippen LogP contribution < -0.4 is 11.2 Å². The number of hydrogen-bond acceptors (Lipinski definition) is 5. The monoisotopic (exact) mass is 286 g/mol. The van der Waals surface area contributed by atoms with Crippen molar-refractivity contribution in [3.63, 3.8) is 0 Å². The molecule has 0 N–H and O–H groups in total. The lowest BCUT2D eigenvalue weighted by Gasteiger charge is -2.10. The zero-order valence-electron chi connectivity index (χ0n) is 11.8. The molecule has 0 unspecified atom stereocenters. The first-order valence-corrected chi connectivity index (χ1v) is 6.70. The molecule has 7 heteroatoms. The van der Waals surface area contributed by atoms with E-state index in [9.17, 15) is 9.59 Å². The largest absolute Gasteiger partial charge is 0.361 e. The molecule has 2 heterocycles. The smallest absolute Gasteiger partial charge is 0.331 e. The number of nitriles is 1. The fourth-order valence-corrected chi connectivity index (χ4v) is 2.34. The molecule has 0 bridgehead atoms. The first-order chi connectivity index (χ1) is 10.0. The predicted molar refractivity (Wildman–Crippen MR) is 73.0 cm³/mol. The fraction of sp³-hybridized carbons (Fsp3) is 0.429. The van der Waals surface area contributed by atoms with Gasteiger partial charge in [-0.2, -0.15) is 5.26 Å². The van der Waals surface area contributed by atoms with Gasteiger partial charge in [0.15, 0.2) is 0 Å². The number of hydrogen-bond donors (Lipinski definition) is 0. The van der Waals surface area contributed by atoms with E-state index >= 15 is 0 Å². The summed E-state index contributed by atoms with van der Waals surface area (Å²) in [5.41, 5.74) is 0.361. The molecule has 0 atom stereocenters. The summed E-state index contributed by atoms with van der Waals surface area (Å²) < 4.78 is 7.63. The van der Waals surface area contributed by atoms with Crippen LogP contribution in [0.25, 0.3) is 0 Å². The van der Waals surface area contributed by atoms with E-state index in [0.717, 1.165) is 17.4 Å². The summed E-state index contributed by atoms with van der Waals surface area (Å²) in [5.74, 6) is 0.569. The van der Waals surface area contributed by atoms with Crippen LogP contribution in [0.15, 0.2) is 20.3 Å². The van der Waals surface area contributed by atoms with Crippen LogP contribution in [0.2, 0.25) is 0 Å². The summed E-state index contributed by atoms with van der Waals surface area (Å²) >= 11 is 0. The summed E-state index contributed by atoms with van der Waals surface area (Å²) in [4.78, 5) is 24.7. The predicted octanol–water partition coefficient (Wildman–Crippen LogP) is 0.870. The van der Waals surface area contributed by atoms with Gasteiger partial charge in [0.1, 0.15) is 17.4 Å². The van der Waals surface area contributed by atoms with E-state index in [0.29, 0.717) is 17.0 Å². The van der Waals surface area contributed by atoms with Gasteiger partial charge in [-0.05, 0) is 26.7 Å². The van der Waals surface area contributed by atoms with E-state index in [1.807, 2.05) is 6.07 Å². The van der Waals surface area contributed by atoms with Crippen LogP contribution in [0, 0.1) is 25.2 Å². The summed E-state index contributed by atoms with van der Waals surface area (Å²) in [6, 6.07) is 1.96. The van der Waals surface area contributed by atoms with Crippen LogP contribution in [0.4, 0.5) is 0 Å². The Morgan fingerprint density at radius 1 is 1.43 bits per heavy atom. The van der Waals surface area contributed by atoms with Crippen LogP contribution in [-0.4, -0.2) is 14.3 Å². The minimum Gasteiger partial charge on any atom is -0.361 e. The van der Waals surface area contributed by atoms with Crippen molar-refractivity contribution in [2.75, 3.05) is 0 Å². The Bertz CT molecular complexity index is 842. The molecule has 0 amide bonds. The number of aromatic nitrogens is 3. The molecule has 0 aromatic carbocycles. The molecule has 0 spiro atoms. The molecule has 1 saturated carbocycles. The molecule has 1 aliphatic carbocycles. The van der Waals surface area contributed by atoms with Crippen molar-refractivity contribution in [3.8, 4) is 6.07 Å². The second-order valence-corrected chi connectivity index (χ2v) is 5.27. The quantitative estimate of drug-likeness (QED) is 0.834. The first-order valence-electron chi connectivity index (χ1n) is 6.70. The molecule has 0 radical (unpaired) electrons. The van der Waals surface area contributed by atoms with Gasteiger partial charge in [-0.3, -0.25) is 13.9 Å². The summed E-state index contributed by atoms with van der Waals surface area (Å²) in [6.07, 6.45) is 3.16. The molecule has 2 aromatic heterocycles. The first kappa shape index (κ1) is 13.4. The molecule has 3 rings (SSSR count). The summed E-state index contributed by atoms with van der Waals surface area (Å²) in [5, 5.41) is 12.9. The lowest BCUT2D eigenvalue weighted by atomic mass is 10.2. The van der Waals surface area contributed by atoms with Crippen molar-refractivity contribution in [1.82, 2.24) is 14.3 Å². The maximum atomic E-state index is 12.5. The van der Waals surface area contributed by atoms with Gasteiger partial charge in [-0.15, -0.1) is 0 Å². The van der Waals surface area contributed by atoms with Crippen molar-refractivity contribution in [2.24, 2.45) is 0 Å². The molecule has 1 aliphatic rings. The summed E-state index contributed by atoms with van der Waals surface area (Å²) in [6.45, 7) is 3.56. The Morgan fingerprint density at radius 3 is 2.67 bits per heavy atom. The van der Waals surface area contributed by atoms with Gasteiger partial charge in [0.25, 0.3) is 5.56 Å². The van der Waals surface area contributed by atoms with E-state index in [1.54, 1.807) is 13.8 Å². The summed E-state index contributed by atoms with van der Waals surface area (Å²) in [7, 11) is 0. The van der Waals surface area contributed by atoms with Gasteiger partial charge in [-0.25, -0.2) is 4.79 Å². The molecule has 7 nitrogen and oxygen atoms in total. The standard InChI is InChI=1S/C14H14N4O3/c1-8-12(9(2)21-16-8)7-18-13(19)10(5-15)6-17(14(18)20)11-3-4-11/h6,11H,3-4,7H2,1-2H3. The van der Waals surface area contributed by atoms with Gasteiger partial charge in [-0.1, -0.05) is 5.16 Å². The van der Waals surface area contributed by atoms with Crippen molar-refractivity contribution in [1.29, 1.82) is 5.26 Å². The highest BCUT2D eigenvalue weighted by Gasteiger charge is 2.27. The van der Waals surface area contributed by atoms with Gasteiger partial charge >= 0.3 is 5.69 Å². The molecular weight excluding hydrogens is 272 g/mol. The van der Waals surface area contributed by atoms with Gasteiger partial charge in [0.2, 0.25) is 0 Å². The van der Waals surface area contributed by atoms with E-state index < -0.39 is 5.56 Å². The molecule has 2 aromatic rings. The van der Waals surface area contributed by atoms with Crippen molar-refractivity contribution in [3.05, 3.63) is 49.6 Å². The number of aryl methyl sites for hydroxylation is 2. The second kappa shape index (κ2) is 4.74. The average Bonchev–Trinajstić information content (AvgIpc) is 3.24. The number of nitrogens with zero attached hydrogens (tertiary/aromatic N) is 4. The zero-order valence-corrected chi connectivity index (χ0v) is 11.8. The topological polar surface area (TPSA) is 93.8 Å². The third-order valence-corrected chi connectivity index (χ3v) is 3.75. The Labute approximate surface area is 120 Å². The molecule has 108 valence electrons. The highest BCUT2D eigenvalue weighted by atomic mass is 16.5. The molecular formula is C14H14N4O3. The minimum absolute atomic E-state index is 0.0201. The van der Waals surface area contributed by atoms with Crippen LogP contribution in [0.3, 0.4) is 0 Å². The highest BCUT2D eigenvalue weighted by molar-refractivity contribution is 5.25. The van der Waals surface area contributed by atoms with Crippen LogP contribution in [-0.2, 0) is 6.54 Å². The van der Waals surface area contributed by atoms with Crippen molar-refractivity contribution >= 4 is 0 Å². The fourth-order valence-electron chi connectivity index (χ4n) is 2.34. The average molecular weight is 286 g/mol. The maximum absolute atomic E-state index is 12.5. The van der Waals surface area contributed by atoms with E-state index in [-0.39, 0.29) is 23.8 Å². The second-order valence-electron chi connectivity index (χ2n) is 5.27. The zero-order chi connectivity index (χ0) is 15.1. The normalized spacial score (nSPS) is 14.1. The van der Waals surface area contributed by atoms with Crippen molar-refractivity contribution in [2.45, 2.75) is 39.3 Å². The minimum atomic E-state index is -0.570.